The van der Waals surface area contributed by atoms with Crippen LogP contribution < -0.4 is 0 Å². The first-order chi connectivity index (χ1) is 5.27. The van der Waals surface area contributed by atoms with Gasteiger partial charge in [0.05, 0.1) is 0 Å². The van der Waals surface area contributed by atoms with E-state index in [2.05, 4.69) is 9.98 Å². The molecule has 0 unspecified atom stereocenters. The standard InChI is InChI=1S/C8H6N2O/c1-5-4-6-2-3-9-7(6)8(11)10-5/h2-4H,1H3. The Labute approximate surface area is 63.9 Å². The second-order valence-electron chi connectivity index (χ2n) is 2.45. The molecule has 2 aliphatic rings. The summed E-state index contributed by atoms with van der Waals surface area (Å²) in [6.07, 6.45) is 5.28. The summed E-state index contributed by atoms with van der Waals surface area (Å²) >= 11 is 0. The van der Waals surface area contributed by atoms with Gasteiger partial charge >= 0.3 is 0 Å². The van der Waals surface area contributed by atoms with Crippen molar-refractivity contribution >= 4 is 17.3 Å². The molecule has 3 heteroatoms. The van der Waals surface area contributed by atoms with Crippen LogP contribution in [0.4, 0.5) is 0 Å². The molecule has 0 aromatic carbocycles. The lowest BCUT2D eigenvalue weighted by Gasteiger charge is -2.04. The number of carbonyl (C=O) groups excluding carboxylic acids is 1. The van der Waals surface area contributed by atoms with Gasteiger partial charge in [-0.3, -0.25) is 9.79 Å². The fourth-order valence-electron chi connectivity index (χ4n) is 1.11. The van der Waals surface area contributed by atoms with Crippen molar-refractivity contribution in [2.24, 2.45) is 9.98 Å². The largest absolute Gasteiger partial charge is 0.296 e. The molecule has 0 saturated heterocycles. The van der Waals surface area contributed by atoms with E-state index in [9.17, 15) is 4.79 Å². The maximum atomic E-state index is 11.1. The Morgan fingerprint density at radius 1 is 1.45 bits per heavy atom. The zero-order valence-corrected chi connectivity index (χ0v) is 6.03. The normalized spacial score (nSPS) is 20.8. The van der Waals surface area contributed by atoms with Gasteiger partial charge in [0, 0.05) is 17.5 Å². The van der Waals surface area contributed by atoms with E-state index in [0.29, 0.717) is 5.71 Å². The van der Waals surface area contributed by atoms with Crippen molar-refractivity contribution in [3.05, 3.63) is 23.9 Å². The van der Waals surface area contributed by atoms with Crippen LogP contribution in [0.2, 0.25) is 0 Å². The molecule has 0 saturated carbocycles. The molecule has 0 aromatic rings. The van der Waals surface area contributed by atoms with Gasteiger partial charge in [0.1, 0.15) is 5.71 Å². The average molecular weight is 146 g/mol. The van der Waals surface area contributed by atoms with Crippen LogP contribution in [0.15, 0.2) is 33.9 Å². The van der Waals surface area contributed by atoms with Crippen LogP contribution in [0.25, 0.3) is 0 Å². The summed E-state index contributed by atoms with van der Waals surface area (Å²) in [5.74, 6) is -0.231. The van der Waals surface area contributed by atoms with Gasteiger partial charge in [-0.25, -0.2) is 4.99 Å². The van der Waals surface area contributed by atoms with Crippen molar-refractivity contribution < 1.29 is 4.79 Å². The number of nitrogens with zero attached hydrogens (tertiary/aromatic N) is 2. The maximum absolute atomic E-state index is 11.1. The Hall–Kier alpha value is -1.51. The van der Waals surface area contributed by atoms with E-state index in [1.165, 1.54) is 0 Å². The molecule has 0 fully saturated rings. The van der Waals surface area contributed by atoms with Crippen LogP contribution >= 0.6 is 0 Å². The second kappa shape index (κ2) is 1.99. The zero-order chi connectivity index (χ0) is 7.84. The number of dihydropyridines is 1. The monoisotopic (exact) mass is 146 g/mol. The molecular formula is C8H6N2O. The molecule has 0 N–H and O–H groups in total. The minimum Gasteiger partial charge on any atom is -0.265 e. The van der Waals surface area contributed by atoms with Crippen LogP contribution in [0.3, 0.4) is 0 Å². The molecular weight excluding hydrogens is 140 g/mol. The van der Waals surface area contributed by atoms with Crippen molar-refractivity contribution in [1.29, 1.82) is 0 Å². The fraction of sp³-hybridized carbons (Fsp3) is 0.125. The summed E-state index contributed by atoms with van der Waals surface area (Å²) in [4.78, 5) is 18.7. The van der Waals surface area contributed by atoms with Crippen LogP contribution in [0.5, 0.6) is 0 Å². The Morgan fingerprint density at radius 3 is 3.09 bits per heavy atom. The van der Waals surface area contributed by atoms with E-state index >= 15 is 0 Å². The highest BCUT2D eigenvalue weighted by atomic mass is 16.1. The first-order valence-electron chi connectivity index (χ1n) is 3.33. The Kier molecular flexibility index (Phi) is 1.12. The number of allylic oxidation sites excluding steroid dienone is 2. The highest BCUT2D eigenvalue weighted by Gasteiger charge is 2.20. The lowest BCUT2D eigenvalue weighted by Crippen LogP contribution is -2.17. The summed E-state index contributed by atoms with van der Waals surface area (Å²) in [5.41, 5.74) is 2.09. The first kappa shape index (κ1) is 6.22. The summed E-state index contributed by atoms with van der Waals surface area (Å²) in [6.45, 7) is 1.80. The van der Waals surface area contributed by atoms with Crippen LogP contribution in [0.1, 0.15) is 6.92 Å². The molecule has 1 amide bonds. The van der Waals surface area contributed by atoms with E-state index < -0.39 is 0 Å². The molecule has 54 valence electrons. The van der Waals surface area contributed by atoms with Crippen molar-refractivity contribution in [2.75, 3.05) is 0 Å². The van der Waals surface area contributed by atoms with Gasteiger partial charge in [-0.15, -0.1) is 0 Å². The van der Waals surface area contributed by atoms with Crippen LogP contribution in [0, 0.1) is 0 Å². The molecule has 0 spiro atoms. The van der Waals surface area contributed by atoms with E-state index in [1.54, 1.807) is 13.1 Å². The van der Waals surface area contributed by atoms with Crippen LogP contribution in [-0.4, -0.2) is 17.3 Å². The van der Waals surface area contributed by atoms with Gasteiger partial charge in [0.2, 0.25) is 0 Å². The Bertz CT molecular complexity index is 345. The van der Waals surface area contributed by atoms with E-state index in [4.69, 9.17) is 0 Å². The third-order valence-electron chi connectivity index (χ3n) is 1.58. The fourth-order valence-corrected chi connectivity index (χ4v) is 1.11. The predicted octanol–water partition coefficient (Wildman–Crippen LogP) is 0.882. The Balaban J connectivity index is 2.54. The van der Waals surface area contributed by atoms with Gasteiger partial charge in [0.15, 0.2) is 0 Å². The van der Waals surface area contributed by atoms with E-state index in [1.807, 2.05) is 12.2 Å². The molecule has 0 radical (unpaired) electrons. The lowest BCUT2D eigenvalue weighted by molar-refractivity contribution is -0.111. The molecule has 0 bridgehead atoms. The number of hydrogen-bond donors (Lipinski definition) is 0. The minimum absolute atomic E-state index is 0.231. The smallest absolute Gasteiger partial charge is 0.265 e. The second-order valence-corrected chi connectivity index (χ2v) is 2.45. The van der Waals surface area contributed by atoms with Gasteiger partial charge in [-0.05, 0) is 19.1 Å². The quantitative estimate of drug-likeness (QED) is 0.500. The number of amides is 1. The van der Waals surface area contributed by atoms with Gasteiger partial charge in [0.25, 0.3) is 5.91 Å². The highest BCUT2D eigenvalue weighted by Crippen LogP contribution is 2.14. The van der Waals surface area contributed by atoms with Crippen molar-refractivity contribution in [3.63, 3.8) is 0 Å². The summed E-state index contributed by atoms with van der Waals surface area (Å²) in [5, 5.41) is 0. The lowest BCUT2D eigenvalue weighted by atomic mass is 10.1. The molecule has 0 atom stereocenters. The van der Waals surface area contributed by atoms with Crippen LogP contribution in [-0.2, 0) is 4.79 Å². The zero-order valence-electron chi connectivity index (χ0n) is 6.03. The molecule has 2 heterocycles. The molecule has 3 nitrogen and oxygen atoms in total. The predicted molar refractivity (Wildman–Crippen MR) is 42.8 cm³/mol. The molecule has 0 aromatic heterocycles. The number of fused-ring (bicyclic) bond motifs is 1. The van der Waals surface area contributed by atoms with Gasteiger partial charge < -0.3 is 0 Å². The third-order valence-corrected chi connectivity index (χ3v) is 1.58. The van der Waals surface area contributed by atoms with E-state index in [-0.39, 0.29) is 5.91 Å². The SMILES string of the molecule is CC1=NC(=O)C2=NC=CC2=C1. The van der Waals surface area contributed by atoms with Crippen molar-refractivity contribution in [2.45, 2.75) is 6.92 Å². The van der Waals surface area contributed by atoms with Crippen molar-refractivity contribution in [3.8, 4) is 0 Å². The van der Waals surface area contributed by atoms with Gasteiger partial charge in [-0.1, -0.05) is 0 Å². The minimum atomic E-state index is -0.231. The molecule has 0 aliphatic carbocycles. The number of aliphatic imine (C=N–C) groups is 2. The average Bonchev–Trinajstić information content (AvgIpc) is 2.34. The highest BCUT2D eigenvalue weighted by molar-refractivity contribution is 6.50. The maximum Gasteiger partial charge on any atom is 0.296 e. The molecule has 2 aliphatic heterocycles. The van der Waals surface area contributed by atoms with Gasteiger partial charge in [-0.2, -0.15) is 0 Å². The first-order valence-corrected chi connectivity index (χ1v) is 3.33. The topological polar surface area (TPSA) is 41.8 Å². The molecule has 11 heavy (non-hydrogen) atoms. The summed E-state index contributed by atoms with van der Waals surface area (Å²) in [7, 11) is 0. The number of carbonyl (C=O) groups is 1. The number of rotatable bonds is 0. The summed E-state index contributed by atoms with van der Waals surface area (Å²) in [6, 6.07) is 0. The number of hydrogen-bond acceptors (Lipinski definition) is 2. The Morgan fingerprint density at radius 2 is 2.27 bits per heavy atom. The van der Waals surface area contributed by atoms with Crippen molar-refractivity contribution in [1.82, 2.24) is 0 Å². The third kappa shape index (κ3) is 0.852. The summed E-state index contributed by atoms with van der Waals surface area (Å²) < 4.78 is 0. The van der Waals surface area contributed by atoms with E-state index in [0.717, 1.165) is 11.3 Å². The molecule has 2 rings (SSSR count).